The van der Waals surface area contributed by atoms with Crippen LogP contribution in [-0.2, 0) is 11.2 Å². The minimum Gasteiger partial charge on any atom is -0.394 e. The molecular weight excluding hydrogens is 351 g/mol. The Morgan fingerprint density at radius 1 is 1.12 bits per heavy atom. The van der Waals surface area contributed by atoms with E-state index < -0.39 is 6.10 Å². The van der Waals surface area contributed by atoms with Gasteiger partial charge in [-0.15, -0.1) is 11.3 Å². The summed E-state index contributed by atoms with van der Waals surface area (Å²) >= 11 is 1.68. The van der Waals surface area contributed by atoms with Crippen molar-refractivity contribution in [1.29, 1.82) is 0 Å². The monoisotopic (exact) mass is 372 g/mol. The van der Waals surface area contributed by atoms with Gasteiger partial charge in [-0.3, -0.25) is 0 Å². The molecule has 1 aliphatic rings. The van der Waals surface area contributed by atoms with E-state index in [-0.39, 0.29) is 24.6 Å². The van der Waals surface area contributed by atoms with Crippen molar-refractivity contribution in [2.24, 2.45) is 0 Å². The van der Waals surface area contributed by atoms with E-state index in [9.17, 15) is 14.6 Å². The van der Waals surface area contributed by atoms with Crippen LogP contribution in [0.15, 0.2) is 48.5 Å². The molecule has 0 spiro atoms. The Balaban J connectivity index is 1.59. The van der Waals surface area contributed by atoms with E-state index in [1.165, 1.54) is 16.2 Å². The Kier molecular flexibility index (Phi) is 5.05. The summed E-state index contributed by atoms with van der Waals surface area (Å²) in [6.07, 6.45) is 0.213. The van der Waals surface area contributed by atoms with Crippen LogP contribution < -0.4 is 0 Å². The van der Waals surface area contributed by atoms with E-state index >= 15 is 0 Å². The molecule has 1 aliphatic heterocycles. The van der Waals surface area contributed by atoms with E-state index in [0.29, 0.717) is 24.8 Å². The molecule has 3 atom stereocenters. The normalized spacial score (nSPS) is 23.4. The molecule has 1 saturated heterocycles. The standard InChI is InChI=1S/C21H21FO3S/c22-19-6-5-13(20-11-16(24)10-17(12-23)25-20)7-15(19)9-18-8-14-3-1-2-4-21(14)26-18/h1-8,16-17,20,23-24H,9-12H2/t16-,17-,20+/m0/s1. The van der Waals surface area contributed by atoms with Crippen molar-refractivity contribution >= 4 is 21.4 Å². The summed E-state index contributed by atoms with van der Waals surface area (Å²) < 4.78 is 21.4. The second-order valence-corrected chi connectivity index (χ2v) is 8.00. The van der Waals surface area contributed by atoms with Gasteiger partial charge >= 0.3 is 0 Å². The highest BCUT2D eigenvalue weighted by molar-refractivity contribution is 7.19. The number of thiophene rings is 1. The Morgan fingerprint density at radius 2 is 1.96 bits per heavy atom. The van der Waals surface area contributed by atoms with Crippen molar-refractivity contribution in [3.63, 3.8) is 0 Å². The Morgan fingerprint density at radius 3 is 2.77 bits per heavy atom. The third-order valence-electron chi connectivity index (χ3n) is 4.86. The molecule has 0 amide bonds. The highest BCUT2D eigenvalue weighted by Gasteiger charge is 2.29. The lowest BCUT2D eigenvalue weighted by molar-refractivity contribution is -0.113. The number of benzene rings is 2. The zero-order chi connectivity index (χ0) is 18.1. The molecule has 0 bridgehead atoms. The van der Waals surface area contributed by atoms with Crippen molar-refractivity contribution in [2.75, 3.05) is 6.61 Å². The van der Waals surface area contributed by atoms with E-state index in [2.05, 4.69) is 18.2 Å². The second kappa shape index (κ2) is 7.45. The Hall–Kier alpha value is -1.79. The maximum absolute atomic E-state index is 14.4. The van der Waals surface area contributed by atoms with Gasteiger partial charge in [0.25, 0.3) is 0 Å². The first-order chi connectivity index (χ1) is 12.6. The fraction of sp³-hybridized carbons (Fsp3) is 0.333. The predicted molar refractivity (Wildman–Crippen MR) is 101 cm³/mol. The first-order valence-corrected chi connectivity index (χ1v) is 9.64. The summed E-state index contributed by atoms with van der Waals surface area (Å²) in [7, 11) is 0. The number of rotatable bonds is 4. The number of ether oxygens (including phenoxy) is 1. The van der Waals surface area contributed by atoms with Gasteiger partial charge in [-0.1, -0.05) is 24.3 Å². The molecule has 1 fully saturated rings. The van der Waals surface area contributed by atoms with Crippen LogP contribution >= 0.6 is 11.3 Å². The number of fused-ring (bicyclic) bond motifs is 1. The van der Waals surface area contributed by atoms with Gasteiger partial charge in [0.2, 0.25) is 0 Å². The van der Waals surface area contributed by atoms with Gasteiger partial charge in [0.15, 0.2) is 0 Å². The average molecular weight is 372 g/mol. The lowest BCUT2D eigenvalue weighted by atomic mass is 9.94. The quantitative estimate of drug-likeness (QED) is 0.721. The largest absolute Gasteiger partial charge is 0.394 e. The van der Waals surface area contributed by atoms with E-state index in [1.54, 1.807) is 17.4 Å². The molecule has 0 aliphatic carbocycles. The lowest BCUT2D eigenvalue weighted by Crippen LogP contribution is -2.33. The van der Waals surface area contributed by atoms with E-state index in [0.717, 1.165) is 10.4 Å². The van der Waals surface area contributed by atoms with Crippen LogP contribution in [0.5, 0.6) is 0 Å². The molecule has 3 aromatic rings. The van der Waals surface area contributed by atoms with Gasteiger partial charge in [-0.2, -0.15) is 0 Å². The molecule has 0 unspecified atom stereocenters. The van der Waals surface area contributed by atoms with E-state index in [1.807, 2.05) is 18.2 Å². The van der Waals surface area contributed by atoms with Crippen LogP contribution in [0.1, 0.15) is 34.9 Å². The van der Waals surface area contributed by atoms with Gasteiger partial charge in [-0.05, 0) is 40.8 Å². The molecule has 136 valence electrons. The highest BCUT2D eigenvalue weighted by atomic mass is 32.1. The third kappa shape index (κ3) is 3.67. The maximum Gasteiger partial charge on any atom is 0.126 e. The van der Waals surface area contributed by atoms with Crippen LogP contribution in [0, 0.1) is 5.82 Å². The van der Waals surface area contributed by atoms with Gasteiger partial charge in [0.05, 0.1) is 24.9 Å². The highest BCUT2D eigenvalue weighted by Crippen LogP contribution is 2.33. The SMILES string of the molecule is OC[C@@H]1C[C@H](O)C[C@H](c2ccc(F)c(Cc3cc4ccccc4s3)c2)O1. The zero-order valence-electron chi connectivity index (χ0n) is 14.3. The number of halogens is 1. The molecule has 4 rings (SSSR count). The van der Waals surface area contributed by atoms with Gasteiger partial charge < -0.3 is 14.9 Å². The third-order valence-corrected chi connectivity index (χ3v) is 5.98. The van der Waals surface area contributed by atoms with Crippen LogP contribution in [0.25, 0.3) is 10.1 Å². The molecule has 0 saturated carbocycles. The molecule has 2 aromatic carbocycles. The first kappa shape index (κ1) is 17.6. The zero-order valence-corrected chi connectivity index (χ0v) is 15.1. The fourth-order valence-corrected chi connectivity index (χ4v) is 4.65. The number of hydrogen-bond acceptors (Lipinski definition) is 4. The van der Waals surface area contributed by atoms with Crippen molar-refractivity contribution in [1.82, 2.24) is 0 Å². The molecule has 26 heavy (non-hydrogen) atoms. The Labute approximate surface area is 155 Å². The van der Waals surface area contributed by atoms with Crippen LogP contribution in [0.4, 0.5) is 4.39 Å². The average Bonchev–Trinajstić information content (AvgIpc) is 3.05. The summed E-state index contributed by atoms with van der Waals surface area (Å²) in [5.74, 6) is -0.235. The fourth-order valence-electron chi connectivity index (χ4n) is 3.56. The molecule has 3 nitrogen and oxygen atoms in total. The van der Waals surface area contributed by atoms with Gasteiger partial charge in [0, 0.05) is 28.8 Å². The second-order valence-electron chi connectivity index (χ2n) is 6.83. The minimum absolute atomic E-state index is 0.122. The van der Waals surface area contributed by atoms with Crippen LogP contribution in [0.3, 0.4) is 0 Å². The number of aliphatic hydroxyl groups excluding tert-OH is 2. The molecule has 1 aromatic heterocycles. The molecule has 2 N–H and O–H groups in total. The first-order valence-electron chi connectivity index (χ1n) is 8.82. The minimum atomic E-state index is -0.512. The summed E-state index contributed by atoms with van der Waals surface area (Å²) in [6, 6.07) is 15.3. The molecular formula is C21H21FO3S. The van der Waals surface area contributed by atoms with E-state index in [4.69, 9.17) is 4.74 Å². The summed E-state index contributed by atoms with van der Waals surface area (Å²) in [5.41, 5.74) is 1.47. The lowest BCUT2D eigenvalue weighted by Gasteiger charge is -2.32. The maximum atomic E-state index is 14.4. The van der Waals surface area contributed by atoms with Crippen LogP contribution in [0.2, 0.25) is 0 Å². The summed E-state index contributed by atoms with van der Waals surface area (Å²) in [5, 5.41) is 20.5. The van der Waals surface area contributed by atoms with Crippen LogP contribution in [-0.4, -0.2) is 29.0 Å². The van der Waals surface area contributed by atoms with Gasteiger partial charge in [-0.25, -0.2) is 4.39 Å². The topological polar surface area (TPSA) is 49.7 Å². The Bertz CT molecular complexity index is 874. The predicted octanol–water partition coefficient (Wildman–Crippen LogP) is 4.20. The molecule has 5 heteroatoms. The smallest absolute Gasteiger partial charge is 0.126 e. The van der Waals surface area contributed by atoms with Gasteiger partial charge in [0.1, 0.15) is 5.82 Å². The summed E-state index contributed by atoms with van der Waals surface area (Å²) in [4.78, 5) is 1.11. The van der Waals surface area contributed by atoms with Crippen molar-refractivity contribution < 1.29 is 19.3 Å². The van der Waals surface area contributed by atoms with Crippen molar-refractivity contribution in [3.05, 3.63) is 70.4 Å². The van der Waals surface area contributed by atoms with Crippen molar-refractivity contribution in [2.45, 2.75) is 37.6 Å². The summed E-state index contributed by atoms with van der Waals surface area (Å²) in [6.45, 7) is -0.122. The molecule has 2 heterocycles. The molecule has 0 radical (unpaired) electrons. The number of hydrogen-bond donors (Lipinski definition) is 2. The van der Waals surface area contributed by atoms with Crippen molar-refractivity contribution in [3.8, 4) is 0 Å². The number of aliphatic hydroxyl groups is 2.